The number of benzene rings is 3. The summed E-state index contributed by atoms with van der Waals surface area (Å²) in [6.07, 6.45) is 4.92. The lowest BCUT2D eigenvalue weighted by molar-refractivity contribution is 0.0218. The van der Waals surface area contributed by atoms with E-state index in [1.807, 2.05) is 33.0 Å². The Bertz CT molecular complexity index is 1820. The average molecular weight is 618 g/mol. The van der Waals surface area contributed by atoms with E-state index in [9.17, 15) is 4.79 Å². The van der Waals surface area contributed by atoms with Crippen molar-refractivity contribution in [2.45, 2.75) is 45.3 Å². The lowest BCUT2D eigenvalue weighted by Crippen LogP contribution is -2.36. The molecule has 2 aliphatic rings. The highest BCUT2D eigenvalue weighted by Crippen LogP contribution is 2.34. The molecule has 2 saturated heterocycles. The number of amides is 1. The van der Waals surface area contributed by atoms with Crippen molar-refractivity contribution in [2.24, 2.45) is 0 Å². The zero-order valence-corrected chi connectivity index (χ0v) is 26.5. The summed E-state index contributed by atoms with van der Waals surface area (Å²) in [5.41, 5.74) is 6.60. The molecule has 2 aromatic heterocycles. The maximum Gasteiger partial charge on any atom is 0.410 e. The molecular weight excluding hydrogens is 578 g/mol. The van der Waals surface area contributed by atoms with Crippen LogP contribution in [-0.4, -0.2) is 69.4 Å². The number of hydrogen-bond donors (Lipinski definition) is 2. The van der Waals surface area contributed by atoms with Crippen LogP contribution in [0.4, 0.5) is 22.0 Å². The largest absolute Gasteiger partial charge is 0.444 e. The second-order valence-corrected chi connectivity index (χ2v) is 12.8. The highest BCUT2D eigenvalue weighted by atomic mass is 16.6. The first kappa shape index (κ1) is 29.7. The number of anilines is 3. The molecule has 0 radical (unpaired) electrons. The first-order valence-electron chi connectivity index (χ1n) is 15.9. The highest BCUT2D eigenvalue weighted by molar-refractivity contribution is 5.94. The normalized spacial score (nSPS) is 17.0. The SMILES string of the molecule is CC(C)(C)OC(=O)N1CCC[C@H]1c1ncc(-c2ccc(-c3ccc4ncnc(Nc5ccc(N6CCOCC6)cc5)c4c3)cc2)[nH]1. The Hall–Kier alpha value is -4.96. The standard InChI is InChI=1S/C36H39N7O3/c1-36(2,3)46-35(44)43-16-4-5-32(43)34-37-22-31(41-34)25-8-6-24(7-9-25)26-10-15-30-29(21-26)33(39-23-38-30)40-27-11-13-28(14-12-27)42-17-19-45-20-18-42/h6-15,21-23,32H,4-5,16-20H2,1-3H3,(H,37,41)(H,38,39,40)/t32-/m0/s1. The minimum atomic E-state index is -0.536. The molecule has 1 amide bonds. The van der Waals surface area contributed by atoms with Crippen LogP contribution in [0.3, 0.4) is 0 Å². The van der Waals surface area contributed by atoms with Gasteiger partial charge in [-0.25, -0.2) is 19.7 Å². The number of morpholine rings is 1. The molecule has 0 unspecified atom stereocenters. The van der Waals surface area contributed by atoms with E-state index < -0.39 is 5.60 Å². The Balaban J connectivity index is 1.07. The number of imidazole rings is 1. The molecule has 2 N–H and O–H groups in total. The van der Waals surface area contributed by atoms with Gasteiger partial charge in [-0.2, -0.15) is 0 Å². The van der Waals surface area contributed by atoms with E-state index in [4.69, 9.17) is 9.47 Å². The van der Waals surface area contributed by atoms with Gasteiger partial charge < -0.3 is 24.7 Å². The van der Waals surface area contributed by atoms with Crippen molar-refractivity contribution in [3.05, 3.63) is 85.1 Å². The first-order chi connectivity index (χ1) is 22.3. The van der Waals surface area contributed by atoms with Crippen molar-refractivity contribution in [3.8, 4) is 22.4 Å². The number of aromatic amines is 1. The zero-order valence-electron chi connectivity index (χ0n) is 26.5. The van der Waals surface area contributed by atoms with Crippen LogP contribution in [0.2, 0.25) is 0 Å². The number of carbonyl (C=O) groups excluding carboxylic acids is 1. The number of hydrogen-bond acceptors (Lipinski definition) is 8. The molecule has 2 aliphatic heterocycles. The Morgan fingerprint density at radius 2 is 1.65 bits per heavy atom. The van der Waals surface area contributed by atoms with E-state index in [1.54, 1.807) is 11.2 Å². The fourth-order valence-corrected chi connectivity index (χ4v) is 6.13. The summed E-state index contributed by atoms with van der Waals surface area (Å²) >= 11 is 0. The lowest BCUT2D eigenvalue weighted by atomic mass is 10.0. The molecule has 4 heterocycles. The molecule has 2 fully saturated rings. The number of H-pyrrole nitrogens is 1. The smallest absolute Gasteiger partial charge is 0.410 e. The molecule has 5 aromatic rings. The third kappa shape index (κ3) is 6.39. The van der Waals surface area contributed by atoms with Crippen molar-refractivity contribution in [1.29, 1.82) is 0 Å². The summed E-state index contributed by atoms with van der Waals surface area (Å²) in [5, 5.41) is 4.44. The van der Waals surface area contributed by atoms with Crippen LogP contribution >= 0.6 is 0 Å². The van der Waals surface area contributed by atoms with Crippen LogP contribution in [0.15, 0.2) is 79.3 Å². The van der Waals surface area contributed by atoms with Gasteiger partial charge in [-0.05, 0) is 86.7 Å². The predicted octanol–water partition coefficient (Wildman–Crippen LogP) is 7.34. The highest BCUT2D eigenvalue weighted by Gasteiger charge is 2.34. The third-order valence-corrected chi connectivity index (χ3v) is 8.46. The molecular formula is C36H39N7O3. The second-order valence-electron chi connectivity index (χ2n) is 12.8. The van der Waals surface area contributed by atoms with E-state index in [0.717, 1.165) is 89.8 Å². The zero-order chi connectivity index (χ0) is 31.7. The number of nitrogens with one attached hydrogen (secondary N) is 2. The number of aromatic nitrogens is 4. The maximum atomic E-state index is 12.8. The Kier molecular flexibility index (Phi) is 8.04. The van der Waals surface area contributed by atoms with Gasteiger partial charge in [0.1, 0.15) is 23.6 Å². The van der Waals surface area contributed by atoms with Crippen molar-refractivity contribution in [1.82, 2.24) is 24.8 Å². The number of rotatable bonds is 6. The van der Waals surface area contributed by atoms with Gasteiger partial charge in [0.05, 0.1) is 36.7 Å². The molecule has 46 heavy (non-hydrogen) atoms. The van der Waals surface area contributed by atoms with Crippen LogP contribution < -0.4 is 10.2 Å². The van der Waals surface area contributed by atoms with Crippen molar-refractivity contribution >= 4 is 34.2 Å². The monoisotopic (exact) mass is 617 g/mol. The minimum Gasteiger partial charge on any atom is -0.444 e. The summed E-state index contributed by atoms with van der Waals surface area (Å²) < 4.78 is 11.1. The Labute approximate surface area is 268 Å². The molecule has 10 nitrogen and oxygen atoms in total. The summed E-state index contributed by atoms with van der Waals surface area (Å²) in [6, 6.07) is 23.0. The minimum absolute atomic E-state index is 0.117. The Morgan fingerprint density at radius 1 is 0.913 bits per heavy atom. The third-order valence-electron chi connectivity index (χ3n) is 8.46. The molecule has 10 heteroatoms. The van der Waals surface area contributed by atoms with Gasteiger partial charge in [-0.1, -0.05) is 30.3 Å². The van der Waals surface area contributed by atoms with E-state index in [2.05, 4.69) is 90.8 Å². The first-order valence-corrected chi connectivity index (χ1v) is 15.9. The number of likely N-dealkylation sites (tertiary alicyclic amines) is 1. The summed E-state index contributed by atoms with van der Waals surface area (Å²) in [6.45, 7) is 9.67. The van der Waals surface area contributed by atoms with Gasteiger partial charge in [-0.3, -0.25) is 4.90 Å². The maximum absolute atomic E-state index is 12.8. The molecule has 0 aliphatic carbocycles. The number of fused-ring (bicyclic) bond motifs is 1. The fourth-order valence-electron chi connectivity index (χ4n) is 6.13. The van der Waals surface area contributed by atoms with Crippen LogP contribution in [-0.2, 0) is 9.47 Å². The summed E-state index contributed by atoms with van der Waals surface area (Å²) in [5.74, 6) is 1.55. The molecule has 0 saturated carbocycles. The van der Waals surface area contributed by atoms with Gasteiger partial charge in [0.15, 0.2) is 0 Å². The van der Waals surface area contributed by atoms with E-state index in [-0.39, 0.29) is 12.1 Å². The van der Waals surface area contributed by atoms with Crippen molar-refractivity contribution in [3.63, 3.8) is 0 Å². The summed E-state index contributed by atoms with van der Waals surface area (Å²) in [7, 11) is 0. The molecule has 0 bridgehead atoms. The van der Waals surface area contributed by atoms with Crippen LogP contribution in [0.1, 0.15) is 45.5 Å². The predicted molar refractivity (Wildman–Crippen MR) is 180 cm³/mol. The molecule has 236 valence electrons. The topological polar surface area (TPSA) is 108 Å². The van der Waals surface area contributed by atoms with E-state index in [1.165, 1.54) is 5.69 Å². The van der Waals surface area contributed by atoms with Crippen molar-refractivity contribution in [2.75, 3.05) is 43.1 Å². The van der Waals surface area contributed by atoms with Gasteiger partial charge in [0.2, 0.25) is 0 Å². The summed E-state index contributed by atoms with van der Waals surface area (Å²) in [4.78, 5) is 34.1. The van der Waals surface area contributed by atoms with Gasteiger partial charge >= 0.3 is 6.09 Å². The van der Waals surface area contributed by atoms with Crippen LogP contribution in [0.25, 0.3) is 33.3 Å². The quantitative estimate of drug-likeness (QED) is 0.204. The van der Waals surface area contributed by atoms with Crippen LogP contribution in [0, 0.1) is 0 Å². The fraction of sp³-hybridized carbons (Fsp3) is 0.333. The average Bonchev–Trinajstić information content (AvgIpc) is 3.76. The molecule has 0 spiro atoms. The number of ether oxygens (including phenoxy) is 2. The molecule has 1 atom stereocenters. The van der Waals surface area contributed by atoms with Crippen LogP contribution in [0.5, 0.6) is 0 Å². The lowest BCUT2D eigenvalue weighted by Gasteiger charge is -2.28. The van der Waals surface area contributed by atoms with Gasteiger partial charge in [-0.15, -0.1) is 0 Å². The molecule has 3 aromatic carbocycles. The Morgan fingerprint density at radius 3 is 2.41 bits per heavy atom. The number of nitrogens with zero attached hydrogens (tertiary/aromatic N) is 5. The van der Waals surface area contributed by atoms with Gasteiger partial charge in [0.25, 0.3) is 0 Å². The van der Waals surface area contributed by atoms with E-state index >= 15 is 0 Å². The van der Waals surface area contributed by atoms with Gasteiger partial charge in [0, 0.05) is 36.4 Å². The second kappa shape index (κ2) is 12.4. The number of carbonyl (C=O) groups is 1. The van der Waals surface area contributed by atoms with Crippen molar-refractivity contribution < 1.29 is 14.3 Å². The molecule has 7 rings (SSSR count). The van der Waals surface area contributed by atoms with E-state index in [0.29, 0.717) is 6.54 Å².